The van der Waals surface area contributed by atoms with Crippen LogP contribution in [0.1, 0.15) is 12.5 Å². The van der Waals surface area contributed by atoms with Crippen molar-refractivity contribution in [3.05, 3.63) is 58.1 Å². The molecule has 0 fully saturated rings. The zero-order valence-electron chi connectivity index (χ0n) is 15.1. The van der Waals surface area contributed by atoms with Crippen molar-refractivity contribution in [2.24, 2.45) is 0 Å². The Bertz CT molecular complexity index is 797. The molecule has 3 amide bonds. The molecule has 0 aliphatic rings. The Kier molecular flexibility index (Phi) is 7.76. The fourth-order valence-corrected chi connectivity index (χ4v) is 2.63. The minimum Gasteiger partial charge on any atom is -0.484 e. The summed E-state index contributed by atoms with van der Waals surface area (Å²) in [6, 6.07) is 11.8. The molecule has 0 heterocycles. The molecule has 2 N–H and O–H groups in total. The maximum absolute atomic E-state index is 12.3. The van der Waals surface area contributed by atoms with Gasteiger partial charge in [0.1, 0.15) is 5.75 Å². The summed E-state index contributed by atoms with van der Waals surface area (Å²) in [4.78, 5) is 25.2. The molecule has 144 valence electrons. The number of likely N-dealkylation sites (N-methyl/N-ethyl adjacent to an activating group) is 1. The zero-order chi connectivity index (χ0) is 19.8. The number of carbonyl (C=O) groups excluding carboxylic acids is 2. The van der Waals surface area contributed by atoms with Crippen LogP contribution in [0.25, 0.3) is 0 Å². The maximum Gasteiger partial charge on any atom is 0.321 e. The number of anilines is 1. The number of rotatable bonds is 7. The fraction of sp³-hybridized carbons (Fsp3) is 0.263. The van der Waals surface area contributed by atoms with Crippen molar-refractivity contribution in [2.75, 3.05) is 25.5 Å². The van der Waals surface area contributed by atoms with E-state index in [4.69, 9.17) is 27.9 Å². The maximum atomic E-state index is 12.3. The number of ether oxygens (including phenoxy) is 1. The molecule has 6 nitrogen and oxygen atoms in total. The third kappa shape index (κ3) is 6.34. The van der Waals surface area contributed by atoms with E-state index in [0.717, 1.165) is 5.56 Å². The molecular weight excluding hydrogens is 389 g/mol. The molecule has 0 radical (unpaired) electrons. The molecule has 2 rings (SSSR count). The lowest BCUT2D eigenvalue weighted by molar-refractivity contribution is -0.122. The van der Waals surface area contributed by atoms with Gasteiger partial charge in [-0.2, -0.15) is 0 Å². The van der Waals surface area contributed by atoms with E-state index < -0.39 is 0 Å². The number of hydrogen-bond donors (Lipinski definition) is 2. The number of carbonyl (C=O) groups is 2. The molecule has 0 aromatic heterocycles. The number of urea groups is 1. The third-order valence-electron chi connectivity index (χ3n) is 3.64. The first-order valence-corrected chi connectivity index (χ1v) is 9.11. The van der Waals surface area contributed by atoms with Crippen LogP contribution in [0.4, 0.5) is 10.5 Å². The van der Waals surface area contributed by atoms with E-state index in [1.165, 1.54) is 4.90 Å². The molecular formula is C19H21Cl2N3O3. The Hall–Kier alpha value is -2.44. The van der Waals surface area contributed by atoms with Gasteiger partial charge in [-0.15, -0.1) is 0 Å². The van der Waals surface area contributed by atoms with Gasteiger partial charge < -0.3 is 20.3 Å². The van der Waals surface area contributed by atoms with E-state index in [0.29, 0.717) is 34.6 Å². The van der Waals surface area contributed by atoms with Crippen LogP contribution in [0.3, 0.4) is 0 Å². The van der Waals surface area contributed by atoms with Gasteiger partial charge in [0.05, 0.1) is 10.0 Å². The summed E-state index contributed by atoms with van der Waals surface area (Å²) >= 11 is 12.2. The van der Waals surface area contributed by atoms with E-state index in [1.54, 1.807) is 43.4 Å². The first-order valence-electron chi connectivity index (χ1n) is 8.35. The summed E-state index contributed by atoms with van der Waals surface area (Å²) in [5.74, 6) is 0.356. The Balaban J connectivity index is 1.89. The Morgan fingerprint density at radius 3 is 2.48 bits per heavy atom. The third-order valence-corrected chi connectivity index (χ3v) is 4.49. The molecule has 8 heteroatoms. The van der Waals surface area contributed by atoms with E-state index in [2.05, 4.69) is 10.6 Å². The van der Waals surface area contributed by atoms with Crippen LogP contribution in [0, 0.1) is 0 Å². The summed E-state index contributed by atoms with van der Waals surface area (Å²) in [6.07, 6.45) is 0. The van der Waals surface area contributed by atoms with Gasteiger partial charge in [0.15, 0.2) is 6.61 Å². The van der Waals surface area contributed by atoms with E-state index >= 15 is 0 Å². The van der Waals surface area contributed by atoms with Crippen molar-refractivity contribution < 1.29 is 14.3 Å². The molecule has 0 bridgehead atoms. The second kappa shape index (κ2) is 10.0. The minimum absolute atomic E-state index is 0.0529. The summed E-state index contributed by atoms with van der Waals surface area (Å²) in [7, 11) is 1.66. The number of nitrogens with zero attached hydrogens (tertiary/aromatic N) is 1. The SMILES string of the molecule is CCNC(=O)COc1ccc(NC(=O)N(C)Cc2cccc(Cl)c2Cl)cc1. The molecule has 0 spiro atoms. The van der Waals surface area contributed by atoms with Gasteiger partial charge >= 0.3 is 6.03 Å². The Labute approximate surface area is 168 Å². The van der Waals surface area contributed by atoms with Crippen LogP contribution >= 0.6 is 23.2 Å². The minimum atomic E-state index is -0.290. The lowest BCUT2D eigenvalue weighted by atomic mass is 10.2. The lowest BCUT2D eigenvalue weighted by Crippen LogP contribution is -2.31. The quantitative estimate of drug-likeness (QED) is 0.720. The topological polar surface area (TPSA) is 70.7 Å². The highest BCUT2D eigenvalue weighted by molar-refractivity contribution is 6.42. The smallest absolute Gasteiger partial charge is 0.321 e. The average molecular weight is 410 g/mol. The lowest BCUT2D eigenvalue weighted by Gasteiger charge is -2.19. The Morgan fingerprint density at radius 2 is 1.81 bits per heavy atom. The molecule has 0 saturated carbocycles. The van der Waals surface area contributed by atoms with Crippen molar-refractivity contribution in [1.82, 2.24) is 10.2 Å². The second-order valence-electron chi connectivity index (χ2n) is 5.77. The number of hydrogen-bond acceptors (Lipinski definition) is 3. The number of halogens is 2. The number of amides is 3. The zero-order valence-corrected chi connectivity index (χ0v) is 16.6. The van der Waals surface area contributed by atoms with Crippen LogP contribution in [0.15, 0.2) is 42.5 Å². The molecule has 0 saturated heterocycles. The monoisotopic (exact) mass is 409 g/mol. The summed E-state index contributed by atoms with van der Waals surface area (Å²) in [6.45, 7) is 2.66. The van der Waals surface area contributed by atoms with Crippen LogP contribution in [0.5, 0.6) is 5.75 Å². The first-order chi connectivity index (χ1) is 12.9. The Morgan fingerprint density at radius 1 is 1.11 bits per heavy atom. The normalized spacial score (nSPS) is 10.2. The van der Waals surface area contributed by atoms with Crippen molar-refractivity contribution in [2.45, 2.75) is 13.5 Å². The van der Waals surface area contributed by atoms with Gasteiger partial charge in [-0.1, -0.05) is 35.3 Å². The van der Waals surface area contributed by atoms with Crippen LogP contribution < -0.4 is 15.4 Å². The van der Waals surface area contributed by atoms with Gasteiger partial charge in [-0.05, 0) is 42.8 Å². The van der Waals surface area contributed by atoms with Crippen molar-refractivity contribution in [3.63, 3.8) is 0 Å². The van der Waals surface area contributed by atoms with Gasteiger partial charge in [-0.25, -0.2) is 4.79 Å². The number of nitrogens with one attached hydrogen (secondary N) is 2. The van der Waals surface area contributed by atoms with Crippen molar-refractivity contribution in [1.29, 1.82) is 0 Å². The fourth-order valence-electron chi connectivity index (χ4n) is 2.25. The van der Waals surface area contributed by atoms with Crippen molar-refractivity contribution >= 4 is 40.8 Å². The molecule has 0 aliphatic heterocycles. The van der Waals surface area contributed by atoms with Crippen LogP contribution in [0.2, 0.25) is 10.0 Å². The average Bonchev–Trinajstić information content (AvgIpc) is 2.65. The van der Waals surface area contributed by atoms with Crippen LogP contribution in [-0.4, -0.2) is 37.0 Å². The molecule has 2 aromatic rings. The predicted octanol–water partition coefficient (Wildman–Crippen LogP) is 4.17. The van der Waals surface area contributed by atoms with E-state index in [-0.39, 0.29) is 18.5 Å². The van der Waals surface area contributed by atoms with Gasteiger partial charge in [0, 0.05) is 25.8 Å². The van der Waals surface area contributed by atoms with E-state index in [9.17, 15) is 9.59 Å². The highest BCUT2D eigenvalue weighted by atomic mass is 35.5. The summed E-state index contributed by atoms with van der Waals surface area (Å²) in [5.41, 5.74) is 1.37. The first kappa shape index (κ1) is 20.9. The molecule has 0 unspecified atom stereocenters. The summed E-state index contributed by atoms with van der Waals surface area (Å²) in [5, 5.41) is 6.32. The second-order valence-corrected chi connectivity index (χ2v) is 6.55. The largest absolute Gasteiger partial charge is 0.484 e. The van der Waals surface area contributed by atoms with Gasteiger partial charge in [0.25, 0.3) is 5.91 Å². The number of benzene rings is 2. The molecule has 0 aliphatic carbocycles. The van der Waals surface area contributed by atoms with Crippen molar-refractivity contribution in [3.8, 4) is 5.75 Å². The van der Waals surface area contributed by atoms with Gasteiger partial charge in [0.2, 0.25) is 0 Å². The highest BCUT2D eigenvalue weighted by Gasteiger charge is 2.12. The standard InChI is InChI=1S/C19H21Cl2N3O3/c1-3-22-17(25)12-27-15-9-7-14(8-10-15)23-19(26)24(2)11-13-5-4-6-16(20)18(13)21/h4-10H,3,11-12H2,1-2H3,(H,22,25)(H,23,26). The molecule has 27 heavy (non-hydrogen) atoms. The molecule has 2 aromatic carbocycles. The highest BCUT2D eigenvalue weighted by Crippen LogP contribution is 2.26. The van der Waals surface area contributed by atoms with Gasteiger partial charge in [-0.3, -0.25) is 4.79 Å². The van der Waals surface area contributed by atoms with Crippen LogP contribution in [-0.2, 0) is 11.3 Å². The predicted molar refractivity (Wildman–Crippen MR) is 108 cm³/mol. The van der Waals surface area contributed by atoms with E-state index in [1.807, 2.05) is 13.0 Å². The molecule has 0 atom stereocenters. The summed E-state index contributed by atoms with van der Waals surface area (Å²) < 4.78 is 5.37.